The highest BCUT2D eigenvalue weighted by Crippen LogP contribution is 2.25. The van der Waals surface area contributed by atoms with Crippen molar-refractivity contribution in [1.29, 1.82) is 0 Å². The average molecular weight is 635 g/mol. The number of methoxy groups -OCH3 is 1. The van der Waals surface area contributed by atoms with Gasteiger partial charge in [0.25, 0.3) is 5.91 Å². The van der Waals surface area contributed by atoms with Gasteiger partial charge in [-0.25, -0.2) is 0 Å². The molecular formula is C35H62N4O6. The highest BCUT2D eigenvalue weighted by molar-refractivity contribution is 5.97. The Morgan fingerprint density at radius 2 is 1.73 bits per heavy atom. The first kappa shape index (κ1) is 38.9. The number of nitrogens with two attached hydrogens (primary N) is 1. The molecule has 1 aromatic carbocycles. The number of aliphatic hydroxyl groups is 1. The maximum Gasteiger partial charge on any atom is 0.255 e. The quantitative estimate of drug-likeness (QED) is 0.141. The molecule has 5 N–H and O–H groups in total. The van der Waals surface area contributed by atoms with E-state index in [1.807, 2.05) is 32.0 Å². The van der Waals surface area contributed by atoms with E-state index in [-0.39, 0.29) is 35.5 Å². The summed E-state index contributed by atoms with van der Waals surface area (Å²) in [7, 11) is 1.69. The van der Waals surface area contributed by atoms with Gasteiger partial charge >= 0.3 is 0 Å². The van der Waals surface area contributed by atoms with Crippen LogP contribution in [0.15, 0.2) is 18.2 Å². The van der Waals surface area contributed by atoms with E-state index in [1.54, 1.807) is 7.11 Å². The summed E-state index contributed by atoms with van der Waals surface area (Å²) in [6, 6.07) is 5.32. The van der Waals surface area contributed by atoms with Gasteiger partial charge in [0.15, 0.2) is 0 Å². The molecule has 0 saturated carbocycles. The van der Waals surface area contributed by atoms with E-state index in [0.717, 1.165) is 64.1 Å². The number of nitrogens with one attached hydrogen (secondary N) is 2. The van der Waals surface area contributed by atoms with Crippen LogP contribution in [0.3, 0.4) is 0 Å². The van der Waals surface area contributed by atoms with Crippen molar-refractivity contribution in [2.75, 3.05) is 59.7 Å². The fourth-order valence-electron chi connectivity index (χ4n) is 5.57. The highest BCUT2D eigenvalue weighted by Gasteiger charge is 2.30. The molecule has 0 aromatic heterocycles. The van der Waals surface area contributed by atoms with Crippen molar-refractivity contribution in [3.63, 3.8) is 0 Å². The molecule has 45 heavy (non-hydrogen) atoms. The average Bonchev–Trinajstić information content (AvgIpc) is 3.01. The molecule has 1 aliphatic rings. The molecule has 0 aliphatic carbocycles. The van der Waals surface area contributed by atoms with Crippen molar-refractivity contribution in [3.8, 4) is 5.75 Å². The third-order valence-corrected chi connectivity index (χ3v) is 8.80. The summed E-state index contributed by atoms with van der Waals surface area (Å²) in [6.45, 7) is 16.5. The number of aliphatic hydroxyl groups excluding tert-OH is 1. The van der Waals surface area contributed by atoms with E-state index in [2.05, 4.69) is 36.3 Å². The van der Waals surface area contributed by atoms with E-state index in [9.17, 15) is 14.7 Å². The van der Waals surface area contributed by atoms with Gasteiger partial charge in [0.2, 0.25) is 5.91 Å². The van der Waals surface area contributed by atoms with Crippen LogP contribution in [-0.4, -0.2) is 93.7 Å². The Hall–Kier alpha value is -2.24. The number of hydrogen-bond donors (Lipinski definition) is 4. The predicted octanol–water partition coefficient (Wildman–Crippen LogP) is 3.98. The number of unbranched alkanes of at least 4 members (excludes halogenated alkanes) is 2. The largest absolute Gasteiger partial charge is 0.493 e. The van der Waals surface area contributed by atoms with Crippen LogP contribution in [0.5, 0.6) is 5.75 Å². The second-order valence-electron chi connectivity index (χ2n) is 13.2. The van der Waals surface area contributed by atoms with Crippen molar-refractivity contribution in [2.24, 2.45) is 29.4 Å². The van der Waals surface area contributed by atoms with Crippen LogP contribution in [0, 0.1) is 23.7 Å². The van der Waals surface area contributed by atoms with E-state index >= 15 is 0 Å². The van der Waals surface area contributed by atoms with E-state index in [0.29, 0.717) is 50.5 Å². The lowest BCUT2D eigenvalue weighted by atomic mass is 9.83. The monoisotopic (exact) mass is 634 g/mol. The molecule has 0 bridgehead atoms. The Balaban J connectivity index is 2.04. The fourth-order valence-corrected chi connectivity index (χ4v) is 5.57. The summed E-state index contributed by atoms with van der Waals surface area (Å²) in [5, 5.41) is 17.2. The van der Waals surface area contributed by atoms with Crippen molar-refractivity contribution in [1.82, 2.24) is 15.5 Å². The Kier molecular flexibility index (Phi) is 18.6. The lowest BCUT2D eigenvalue weighted by Gasteiger charge is -2.30. The standard InChI is InChI=1S/C35H62N4O6/c1-7-8-13-37-35(42)30(26(4)5)22-32(40)31(36)21-28(25(2)3)23-38-34(41)29-12-11-27(24-39-14-18-44-19-15-39)20-33(29)45-17-10-9-16-43-6/h11-12,20,25-26,28,30-32,40H,7-10,13-19,21-24,36H2,1-6H3,(H,37,42)(H,38,41)/t28-,30+,31+,32+/m1/s1. The van der Waals surface area contributed by atoms with Crippen LogP contribution in [0.2, 0.25) is 0 Å². The topological polar surface area (TPSA) is 135 Å². The van der Waals surface area contributed by atoms with Crippen molar-refractivity contribution in [3.05, 3.63) is 29.3 Å². The van der Waals surface area contributed by atoms with Crippen LogP contribution in [-0.2, 0) is 20.8 Å². The Morgan fingerprint density at radius 3 is 2.38 bits per heavy atom. The molecule has 10 heteroatoms. The van der Waals surface area contributed by atoms with Crippen molar-refractivity contribution in [2.45, 2.75) is 91.8 Å². The minimum absolute atomic E-state index is 0.0231. The van der Waals surface area contributed by atoms with Crippen molar-refractivity contribution < 1.29 is 28.9 Å². The molecule has 0 unspecified atom stereocenters. The van der Waals surface area contributed by atoms with Crippen LogP contribution in [0.1, 0.15) is 89.1 Å². The summed E-state index contributed by atoms with van der Waals surface area (Å²) in [5.41, 5.74) is 8.12. The van der Waals surface area contributed by atoms with Crippen LogP contribution >= 0.6 is 0 Å². The summed E-state index contributed by atoms with van der Waals surface area (Å²) in [4.78, 5) is 28.6. The molecule has 1 saturated heterocycles. The van der Waals surface area contributed by atoms with E-state index in [4.69, 9.17) is 19.9 Å². The zero-order valence-electron chi connectivity index (χ0n) is 28.8. The minimum Gasteiger partial charge on any atom is -0.493 e. The van der Waals surface area contributed by atoms with Crippen LogP contribution in [0.4, 0.5) is 0 Å². The predicted molar refractivity (Wildman–Crippen MR) is 179 cm³/mol. The minimum atomic E-state index is -0.816. The third kappa shape index (κ3) is 14.4. The lowest BCUT2D eigenvalue weighted by Crippen LogP contribution is -2.44. The second kappa shape index (κ2) is 21.5. The molecule has 2 rings (SSSR count). The molecule has 0 spiro atoms. The summed E-state index contributed by atoms with van der Waals surface area (Å²) >= 11 is 0. The van der Waals surface area contributed by atoms with E-state index < -0.39 is 12.1 Å². The zero-order chi connectivity index (χ0) is 33.2. The zero-order valence-corrected chi connectivity index (χ0v) is 28.8. The maximum atomic E-state index is 13.5. The van der Waals surface area contributed by atoms with Gasteiger partial charge in [0.05, 0.1) is 31.5 Å². The van der Waals surface area contributed by atoms with Gasteiger partial charge < -0.3 is 35.7 Å². The number of amides is 2. The van der Waals surface area contributed by atoms with Crippen LogP contribution in [0.25, 0.3) is 0 Å². The number of carbonyl (C=O) groups excluding carboxylic acids is 2. The third-order valence-electron chi connectivity index (χ3n) is 8.80. The Labute approximate surface area is 272 Å². The van der Waals surface area contributed by atoms with Crippen molar-refractivity contribution >= 4 is 11.8 Å². The number of ether oxygens (including phenoxy) is 3. The second-order valence-corrected chi connectivity index (χ2v) is 13.2. The first-order valence-corrected chi connectivity index (χ1v) is 17.1. The van der Waals surface area contributed by atoms with E-state index in [1.165, 1.54) is 0 Å². The molecule has 4 atom stereocenters. The summed E-state index contributed by atoms with van der Waals surface area (Å²) in [6.07, 6.45) is 3.69. The van der Waals surface area contributed by atoms with Gasteiger partial charge in [0.1, 0.15) is 5.75 Å². The maximum absolute atomic E-state index is 13.5. The lowest BCUT2D eigenvalue weighted by molar-refractivity contribution is -0.127. The first-order chi connectivity index (χ1) is 21.6. The van der Waals surface area contributed by atoms with Gasteiger partial charge in [-0.3, -0.25) is 14.5 Å². The molecule has 1 fully saturated rings. The molecule has 1 aliphatic heterocycles. The molecule has 258 valence electrons. The van der Waals surface area contributed by atoms with Gasteiger partial charge in [-0.15, -0.1) is 0 Å². The normalized spacial score (nSPS) is 16.8. The number of nitrogens with zero attached hydrogens (tertiary/aromatic N) is 1. The summed E-state index contributed by atoms with van der Waals surface area (Å²) < 4.78 is 16.8. The number of rotatable bonds is 22. The summed E-state index contributed by atoms with van der Waals surface area (Å²) in [5.74, 6) is 0.432. The number of hydrogen-bond acceptors (Lipinski definition) is 8. The van der Waals surface area contributed by atoms with Gasteiger partial charge in [0, 0.05) is 58.4 Å². The number of carbonyl (C=O) groups is 2. The molecule has 10 nitrogen and oxygen atoms in total. The fraction of sp³-hybridized carbons (Fsp3) is 0.771. The highest BCUT2D eigenvalue weighted by atomic mass is 16.5. The molecule has 2 amide bonds. The Bertz CT molecular complexity index is 985. The van der Waals surface area contributed by atoms with Gasteiger partial charge in [-0.1, -0.05) is 47.1 Å². The van der Waals surface area contributed by atoms with Gasteiger partial charge in [-0.05, 0) is 67.6 Å². The molecule has 0 radical (unpaired) electrons. The number of morpholine rings is 1. The molecule has 1 aromatic rings. The molecule has 1 heterocycles. The Morgan fingerprint density at radius 1 is 1.02 bits per heavy atom. The van der Waals surface area contributed by atoms with Gasteiger partial charge in [-0.2, -0.15) is 0 Å². The first-order valence-electron chi connectivity index (χ1n) is 17.1. The van der Waals surface area contributed by atoms with Crippen LogP contribution < -0.4 is 21.1 Å². The number of benzene rings is 1. The smallest absolute Gasteiger partial charge is 0.255 e. The SMILES string of the molecule is CCCCNC(=O)[C@@H](C[C@H](O)[C@@H](N)C[C@H](CNC(=O)c1ccc(CN2CCOCC2)cc1OCCCCOC)C(C)C)C(C)C. The molecular weight excluding hydrogens is 572 g/mol.